The highest BCUT2D eigenvalue weighted by Gasteiger charge is 2.56. The molecule has 6 rings (SSSR count). The standard InChI is InChI=1S/C32H29F6NO5/c1-31(42)4-2-18(3-5-31)44-30-25(34)8-16(9-26(30)35)19-7-17(24(33)12-23(19)32(36,37)38)14-43-27-10-15-6-20-21(11-28(40)41)29(20)22(15)13-39-27/h7-10,12-13,18,20-21,29,42H,2-6,11,14H2,1H3,(H,40,41)/t18?,20-,21-,29-,31?/m0/s1. The first-order valence-corrected chi connectivity index (χ1v) is 14.3. The first-order valence-electron chi connectivity index (χ1n) is 14.3. The van der Waals surface area contributed by atoms with E-state index >= 15 is 8.78 Å². The Labute approximate surface area is 248 Å². The Hall–Kier alpha value is -3.80. The van der Waals surface area contributed by atoms with Crippen LogP contribution in [-0.4, -0.2) is 32.9 Å². The number of carboxylic acids is 1. The molecule has 3 aliphatic carbocycles. The summed E-state index contributed by atoms with van der Waals surface area (Å²) in [5.41, 5.74) is -1.83. The number of benzene rings is 2. The number of fused-ring (bicyclic) bond motifs is 3. The Morgan fingerprint density at radius 2 is 1.73 bits per heavy atom. The molecule has 0 amide bonds. The van der Waals surface area contributed by atoms with Crippen LogP contribution in [0.15, 0.2) is 36.5 Å². The van der Waals surface area contributed by atoms with E-state index in [0.717, 1.165) is 29.3 Å². The molecule has 2 aromatic carbocycles. The van der Waals surface area contributed by atoms with Crippen LogP contribution < -0.4 is 9.47 Å². The second kappa shape index (κ2) is 11.0. The second-order valence-electron chi connectivity index (χ2n) is 12.2. The number of aliphatic hydroxyl groups is 1. The number of hydrogen-bond donors (Lipinski definition) is 2. The zero-order chi connectivity index (χ0) is 31.6. The van der Waals surface area contributed by atoms with Gasteiger partial charge in [0.2, 0.25) is 5.88 Å². The fraction of sp³-hybridized carbons (Fsp3) is 0.438. The summed E-state index contributed by atoms with van der Waals surface area (Å²) >= 11 is 0. The number of hydrogen-bond acceptors (Lipinski definition) is 5. The largest absolute Gasteiger partial charge is 0.484 e. The van der Waals surface area contributed by atoms with Crippen LogP contribution in [0.25, 0.3) is 11.1 Å². The molecule has 2 N–H and O–H groups in total. The van der Waals surface area contributed by atoms with Gasteiger partial charge in [-0.2, -0.15) is 13.2 Å². The van der Waals surface area contributed by atoms with Gasteiger partial charge in [0.15, 0.2) is 17.4 Å². The zero-order valence-corrected chi connectivity index (χ0v) is 23.6. The molecule has 3 aromatic rings. The van der Waals surface area contributed by atoms with E-state index in [0.29, 0.717) is 32.1 Å². The van der Waals surface area contributed by atoms with Gasteiger partial charge >= 0.3 is 12.1 Å². The topological polar surface area (TPSA) is 88.9 Å². The fourth-order valence-corrected chi connectivity index (χ4v) is 6.64. The van der Waals surface area contributed by atoms with Gasteiger partial charge in [0.1, 0.15) is 12.4 Å². The van der Waals surface area contributed by atoms with Crippen molar-refractivity contribution >= 4 is 5.97 Å². The monoisotopic (exact) mass is 621 g/mol. The molecule has 0 unspecified atom stereocenters. The van der Waals surface area contributed by atoms with Gasteiger partial charge in [0.25, 0.3) is 0 Å². The maximum atomic E-state index is 15.1. The predicted molar refractivity (Wildman–Crippen MR) is 145 cm³/mol. The van der Waals surface area contributed by atoms with E-state index < -0.39 is 70.3 Å². The third kappa shape index (κ3) is 5.96. The molecule has 0 radical (unpaired) electrons. The maximum Gasteiger partial charge on any atom is 0.417 e. The number of carbonyl (C=O) groups is 1. The summed E-state index contributed by atoms with van der Waals surface area (Å²) in [6.07, 6.45) is -1.88. The maximum absolute atomic E-state index is 15.1. The minimum Gasteiger partial charge on any atom is -0.484 e. The van der Waals surface area contributed by atoms with E-state index in [-0.39, 0.29) is 41.7 Å². The summed E-state index contributed by atoms with van der Waals surface area (Å²) in [5.74, 6) is -4.71. The van der Waals surface area contributed by atoms with E-state index in [9.17, 15) is 27.5 Å². The van der Waals surface area contributed by atoms with Gasteiger partial charge in [0, 0.05) is 24.2 Å². The Balaban J connectivity index is 1.22. The number of ether oxygens (including phenoxy) is 2. The van der Waals surface area contributed by atoms with Gasteiger partial charge in [-0.25, -0.2) is 18.2 Å². The van der Waals surface area contributed by atoms with E-state index in [2.05, 4.69) is 4.98 Å². The molecule has 0 saturated heterocycles. The quantitative estimate of drug-likeness (QED) is 0.259. The summed E-state index contributed by atoms with van der Waals surface area (Å²) < 4.78 is 98.0. The molecule has 1 aromatic heterocycles. The Morgan fingerprint density at radius 3 is 2.36 bits per heavy atom. The highest BCUT2D eigenvalue weighted by atomic mass is 19.4. The van der Waals surface area contributed by atoms with Crippen LogP contribution >= 0.6 is 0 Å². The average molecular weight is 622 g/mol. The normalized spacial score (nSPS) is 25.7. The average Bonchev–Trinajstić information content (AvgIpc) is 3.43. The van der Waals surface area contributed by atoms with E-state index in [1.807, 2.05) is 0 Å². The van der Waals surface area contributed by atoms with Crippen molar-refractivity contribution in [2.45, 2.75) is 75.9 Å². The Kier molecular flexibility index (Phi) is 7.54. The molecule has 2 saturated carbocycles. The van der Waals surface area contributed by atoms with E-state index in [1.54, 1.807) is 19.2 Å². The molecule has 234 valence electrons. The molecule has 6 nitrogen and oxygen atoms in total. The molecule has 2 fully saturated rings. The number of nitrogens with zero attached hydrogens (tertiary/aromatic N) is 1. The van der Waals surface area contributed by atoms with Crippen molar-refractivity contribution in [3.8, 4) is 22.8 Å². The highest BCUT2D eigenvalue weighted by molar-refractivity contribution is 5.70. The van der Waals surface area contributed by atoms with Gasteiger partial charge in [-0.1, -0.05) is 0 Å². The lowest BCUT2D eigenvalue weighted by Gasteiger charge is -2.33. The van der Waals surface area contributed by atoms with Crippen molar-refractivity contribution < 1.29 is 50.8 Å². The zero-order valence-electron chi connectivity index (χ0n) is 23.6. The fourth-order valence-electron chi connectivity index (χ4n) is 6.64. The molecule has 44 heavy (non-hydrogen) atoms. The summed E-state index contributed by atoms with van der Waals surface area (Å²) in [6.45, 7) is 1.15. The molecule has 3 aliphatic rings. The van der Waals surface area contributed by atoms with E-state index in [1.165, 1.54) is 0 Å². The van der Waals surface area contributed by atoms with Crippen LogP contribution in [0.4, 0.5) is 26.3 Å². The number of pyridine rings is 1. The van der Waals surface area contributed by atoms with E-state index in [4.69, 9.17) is 14.6 Å². The van der Waals surface area contributed by atoms with Gasteiger partial charge in [-0.05, 0) is 103 Å². The number of alkyl halides is 3. The molecule has 0 spiro atoms. The van der Waals surface area contributed by atoms with Gasteiger partial charge in [-0.15, -0.1) is 0 Å². The summed E-state index contributed by atoms with van der Waals surface area (Å²) in [4.78, 5) is 15.3. The Morgan fingerprint density at radius 1 is 1.05 bits per heavy atom. The minimum atomic E-state index is -5.03. The van der Waals surface area contributed by atoms with Crippen molar-refractivity contribution in [2.75, 3.05) is 0 Å². The van der Waals surface area contributed by atoms with Crippen LogP contribution in [0.3, 0.4) is 0 Å². The lowest BCUT2D eigenvalue weighted by atomic mass is 9.85. The third-order valence-electron chi connectivity index (χ3n) is 9.03. The molecule has 1 heterocycles. The van der Waals surface area contributed by atoms with Crippen LogP contribution in [0.5, 0.6) is 11.6 Å². The molecular weight excluding hydrogens is 592 g/mol. The molecule has 0 aliphatic heterocycles. The lowest BCUT2D eigenvalue weighted by molar-refractivity contribution is -0.138. The number of rotatable bonds is 8. The third-order valence-corrected chi connectivity index (χ3v) is 9.03. The SMILES string of the molecule is CC1(O)CCC(Oc2c(F)cc(-c3cc(COc4cc5c(cn4)[C@@H]4[C@@H](CC(=O)O)[C@@H]4C5)c(F)cc3C(F)(F)F)cc2F)CC1. The van der Waals surface area contributed by atoms with Gasteiger partial charge < -0.3 is 19.7 Å². The van der Waals surface area contributed by atoms with Crippen molar-refractivity contribution in [3.63, 3.8) is 0 Å². The van der Waals surface area contributed by atoms with Crippen LogP contribution in [-0.2, 0) is 24.0 Å². The number of aliphatic carboxylic acids is 1. The van der Waals surface area contributed by atoms with Gasteiger partial charge in [0.05, 0.1) is 17.3 Å². The summed E-state index contributed by atoms with van der Waals surface area (Å²) in [6, 6.07) is 4.22. The van der Waals surface area contributed by atoms with Crippen LogP contribution in [0.1, 0.15) is 67.2 Å². The van der Waals surface area contributed by atoms with Gasteiger partial charge in [-0.3, -0.25) is 4.79 Å². The molecule has 3 atom stereocenters. The minimum absolute atomic E-state index is 0.0633. The molecule has 12 heteroatoms. The Bertz CT molecular complexity index is 1590. The summed E-state index contributed by atoms with van der Waals surface area (Å²) in [5, 5.41) is 19.2. The van der Waals surface area contributed by atoms with Crippen LogP contribution in [0.2, 0.25) is 0 Å². The predicted octanol–water partition coefficient (Wildman–Crippen LogP) is 7.20. The molecular formula is C32H29F6NO5. The van der Waals surface area contributed by atoms with Crippen molar-refractivity contribution in [3.05, 3.63) is 76.2 Å². The van der Waals surface area contributed by atoms with Crippen molar-refractivity contribution in [1.82, 2.24) is 4.98 Å². The number of halogens is 6. The second-order valence-corrected chi connectivity index (χ2v) is 12.2. The number of aromatic nitrogens is 1. The first kappa shape index (κ1) is 30.2. The smallest absolute Gasteiger partial charge is 0.417 e. The number of carboxylic acid groups (broad SMARTS) is 1. The van der Waals surface area contributed by atoms with Crippen LogP contribution in [0, 0.1) is 29.3 Å². The first-order chi connectivity index (χ1) is 20.7. The summed E-state index contributed by atoms with van der Waals surface area (Å²) in [7, 11) is 0. The van der Waals surface area contributed by atoms with Crippen molar-refractivity contribution in [2.24, 2.45) is 11.8 Å². The highest BCUT2D eigenvalue weighted by Crippen LogP contribution is 2.62. The van der Waals surface area contributed by atoms with Crippen molar-refractivity contribution in [1.29, 1.82) is 0 Å². The lowest BCUT2D eigenvalue weighted by Crippen LogP contribution is -2.35. The molecule has 0 bridgehead atoms.